The van der Waals surface area contributed by atoms with E-state index in [1.165, 1.54) is 10.5 Å². The first-order valence-electron chi connectivity index (χ1n) is 5.56. The highest BCUT2D eigenvalue weighted by atomic mass is 32.2. The molecule has 0 amide bonds. The van der Waals surface area contributed by atoms with E-state index in [2.05, 4.69) is 4.98 Å². The molecule has 1 fully saturated rings. The lowest BCUT2D eigenvalue weighted by Gasteiger charge is -2.37. The highest BCUT2D eigenvalue weighted by Crippen LogP contribution is 2.19. The fraction of sp³-hybridized carbons (Fsp3) is 0.455. The van der Waals surface area contributed by atoms with Gasteiger partial charge in [-0.2, -0.15) is 9.57 Å². The highest BCUT2D eigenvalue weighted by molar-refractivity contribution is 7.89. The molecule has 1 aliphatic rings. The van der Waals surface area contributed by atoms with Crippen molar-refractivity contribution in [3.8, 4) is 11.9 Å². The first kappa shape index (κ1) is 12.8. The Labute approximate surface area is 106 Å². The van der Waals surface area contributed by atoms with Crippen LogP contribution in [0.15, 0.2) is 18.3 Å². The van der Waals surface area contributed by atoms with Crippen LogP contribution in [0.25, 0.3) is 0 Å². The summed E-state index contributed by atoms with van der Waals surface area (Å²) in [6.07, 6.45) is 1.26. The van der Waals surface area contributed by atoms with Gasteiger partial charge in [-0.15, -0.1) is 0 Å². The Morgan fingerprint density at radius 3 is 2.78 bits per heavy atom. The van der Waals surface area contributed by atoms with Crippen molar-refractivity contribution < 1.29 is 13.2 Å². The van der Waals surface area contributed by atoms with Crippen LogP contribution in [0, 0.1) is 11.3 Å². The van der Waals surface area contributed by atoms with E-state index >= 15 is 0 Å². The van der Waals surface area contributed by atoms with Crippen molar-refractivity contribution >= 4 is 10.0 Å². The second-order valence-electron chi connectivity index (χ2n) is 3.95. The zero-order valence-corrected chi connectivity index (χ0v) is 10.7. The summed E-state index contributed by atoms with van der Waals surface area (Å²) in [6, 6.07) is 5.18. The largest absolute Gasteiger partial charge is 0.472 e. The molecule has 2 heterocycles. The maximum Gasteiger partial charge on any atom is 0.214 e. The summed E-state index contributed by atoms with van der Waals surface area (Å²) in [5.41, 5.74) is 0.464. The van der Waals surface area contributed by atoms with Crippen LogP contribution in [0.3, 0.4) is 0 Å². The molecule has 0 aliphatic carbocycles. The van der Waals surface area contributed by atoms with E-state index in [0.29, 0.717) is 24.5 Å². The van der Waals surface area contributed by atoms with Crippen LogP contribution in [0.4, 0.5) is 0 Å². The number of ether oxygens (including phenoxy) is 1. The SMILES string of the molecule is CCS(=O)(=O)N1CC(Oc2ccc(C#N)cn2)C1. The summed E-state index contributed by atoms with van der Waals surface area (Å²) >= 11 is 0. The number of hydrogen-bond donors (Lipinski definition) is 0. The lowest BCUT2D eigenvalue weighted by atomic mass is 10.2. The fourth-order valence-corrected chi connectivity index (χ4v) is 2.72. The molecule has 0 aromatic carbocycles. The monoisotopic (exact) mass is 267 g/mol. The van der Waals surface area contributed by atoms with Crippen LogP contribution in [0.2, 0.25) is 0 Å². The standard InChI is InChI=1S/C11H13N3O3S/c1-2-18(15,16)14-7-10(8-14)17-11-4-3-9(5-12)6-13-11/h3-4,6,10H,2,7-8H2,1H3. The van der Waals surface area contributed by atoms with E-state index in [1.807, 2.05) is 6.07 Å². The van der Waals surface area contributed by atoms with Gasteiger partial charge in [-0.1, -0.05) is 0 Å². The van der Waals surface area contributed by atoms with Gasteiger partial charge >= 0.3 is 0 Å². The molecule has 0 bridgehead atoms. The zero-order chi connectivity index (χ0) is 13.2. The second kappa shape index (κ2) is 4.92. The third-order valence-corrected chi connectivity index (χ3v) is 4.54. The maximum atomic E-state index is 11.5. The van der Waals surface area contributed by atoms with Crippen LogP contribution >= 0.6 is 0 Å². The van der Waals surface area contributed by atoms with Gasteiger partial charge in [0.1, 0.15) is 12.2 Å². The minimum absolute atomic E-state index is 0.106. The van der Waals surface area contributed by atoms with Crippen molar-refractivity contribution in [1.29, 1.82) is 5.26 Å². The number of nitrogens with zero attached hydrogens (tertiary/aromatic N) is 3. The molecule has 0 unspecified atom stereocenters. The first-order chi connectivity index (χ1) is 8.55. The number of aromatic nitrogens is 1. The minimum atomic E-state index is -3.11. The third-order valence-electron chi connectivity index (χ3n) is 2.73. The Bertz CT molecular complexity index is 556. The molecule has 1 aromatic rings. The minimum Gasteiger partial charge on any atom is -0.472 e. The van der Waals surface area contributed by atoms with Gasteiger partial charge in [0, 0.05) is 12.3 Å². The molecular weight excluding hydrogens is 254 g/mol. The Morgan fingerprint density at radius 1 is 1.56 bits per heavy atom. The van der Waals surface area contributed by atoms with E-state index in [-0.39, 0.29) is 11.9 Å². The third kappa shape index (κ3) is 2.60. The van der Waals surface area contributed by atoms with Gasteiger partial charge in [0.15, 0.2) is 0 Å². The van der Waals surface area contributed by atoms with Gasteiger partial charge in [0.2, 0.25) is 15.9 Å². The Kier molecular flexibility index (Phi) is 3.50. The van der Waals surface area contributed by atoms with Crippen molar-refractivity contribution in [1.82, 2.24) is 9.29 Å². The number of hydrogen-bond acceptors (Lipinski definition) is 5. The van der Waals surface area contributed by atoms with E-state index in [4.69, 9.17) is 10.00 Å². The Balaban J connectivity index is 1.89. The molecule has 0 radical (unpaired) electrons. The molecule has 7 heteroatoms. The topological polar surface area (TPSA) is 83.3 Å². The number of sulfonamides is 1. The van der Waals surface area contributed by atoms with Crippen molar-refractivity contribution in [3.63, 3.8) is 0 Å². The molecule has 18 heavy (non-hydrogen) atoms. The van der Waals surface area contributed by atoms with Gasteiger partial charge < -0.3 is 4.74 Å². The molecule has 1 saturated heterocycles. The number of rotatable bonds is 4. The Hall–Kier alpha value is -1.65. The maximum absolute atomic E-state index is 11.5. The van der Waals surface area contributed by atoms with Gasteiger partial charge in [0.05, 0.1) is 24.4 Å². The van der Waals surface area contributed by atoms with Crippen LogP contribution in [-0.4, -0.2) is 42.7 Å². The average molecular weight is 267 g/mol. The van der Waals surface area contributed by atoms with Crippen molar-refractivity contribution in [3.05, 3.63) is 23.9 Å². The highest BCUT2D eigenvalue weighted by Gasteiger charge is 2.36. The quantitative estimate of drug-likeness (QED) is 0.786. The molecule has 96 valence electrons. The summed E-state index contributed by atoms with van der Waals surface area (Å²) in [6.45, 7) is 2.33. The van der Waals surface area contributed by atoms with Gasteiger partial charge in [-0.25, -0.2) is 13.4 Å². The fourth-order valence-electron chi connectivity index (χ4n) is 1.57. The summed E-state index contributed by atoms with van der Waals surface area (Å²) < 4.78 is 29.8. The van der Waals surface area contributed by atoms with Crippen LogP contribution < -0.4 is 4.74 Å². The molecule has 6 nitrogen and oxygen atoms in total. The molecule has 0 N–H and O–H groups in total. The molecule has 1 aromatic heterocycles. The second-order valence-corrected chi connectivity index (χ2v) is 6.21. The number of nitriles is 1. The van der Waals surface area contributed by atoms with Gasteiger partial charge in [-0.05, 0) is 13.0 Å². The lowest BCUT2D eigenvalue weighted by Crippen LogP contribution is -2.56. The average Bonchev–Trinajstić information content (AvgIpc) is 2.33. The van der Waals surface area contributed by atoms with E-state index < -0.39 is 10.0 Å². The van der Waals surface area contributed by atoms with Crippen molar-refractivity contribution in [2.75, 3.05) is 18.8 Å². The molecule has 0 saturated carbocycles. The summed E-state index contributed by atoms with van der Waals surface area (Å²) in [5, 5.41) is 8.61. The smallest absolute Gasteiger partial charge is 0.214 e. The van der Waals surface area contributed by atoms with E-state index in [1.54, 1.807) is 19.1 Å². The normalized spacial score (nSPS) is 16.9. The zero-order valence-electron chi connectivity index (χ0n) is 9.91. The van der Waals surface area contributed by atoms with E-state index in [0.717, 1.165) is 0 Å². The van der Waals surface area contributed by atoms with Crippen LogP contribution in [-0.2, 0) is 10.0 Å². The molecular formula is C11H13N3O3S. The van der Waals surface area contributed by atoms with Crippen LogP contribution in [0.1, 0.15) is 12.5 Å². The van der Waals surface area contributed by atoms with Gasteiger partial charge in [-0.3, -0.25) is 0 Å². The van der Waals surface area contributed by atoms with Crippen LogP contribution in [0.5, 0.6) is 5.88 Å². The predicted octanol–water partition coefficient (Wildman–Crippen LogP) is 0.366. The van der Waals surface area contributed by atoms with Crippen molar-refractivity contribution in [2.45, 2.75) is 13.0 Å². The molecule has 0 spiro atoms. The molecule has 2 rings (SSSR count). The molecule has 1 aliphatic heterocycles. The van der Waals surface area contributed by atoms with Crippen molar-refractivity contribution in [2.24, 2.45) is 0 Å². The summed E-state index contributed by atoms with van der Waals surface area (Å²) in [7, 11) is -3.11. The molecule has 0 atom stereocenters. The summed E-state index contributed by atoms with van der Waals surface area (Å²) in [5.74, 6) is 0.516. The van der Waals surface area contributed by atoms with E-state index in [9.17, 15) is 8.42 Å². The van der Waals surface area contributed by atoms with Gasteiger partial charge in [0.25, 0.3) is 0 Å². The lowest BCUT2D eigenvalue weighted by molar-refractivity contribution is 0.0722. The summed E-state index contributed by atoms with van der Waals surface area (Å²) in [4.78, 5) is 3.97. The Morgan fingerprint density at radius 2 is 2.28 bits per heavy atom. The predicted molar refractivity (Wildman–Crippen MR) is 64.4 cm³/mol. The number of pyridine rings is 1. The first-order valence-corrected chi connectivity index (χ1v) is 7.16.